The lowest BCUT2D eigenvalue weighted by atomic mass is 10.1. The molecule has 6 nitrogen and oxygen atoms in total. The maximum atomic E-state index is 11.4. The van der Waals surface area contributed by atoms with Crippen molar-refractivity contribution in [3.05, 3.63) is 39.3 Å². The van der Waals surface area contributed by atoms with E-state index in [0.717, 1.165) is 10.0 Å². The number of anilines is 1. The van der Waals surface area contributed by atoms with Gasteiger partial charge in [-0.3, -0.25) is 10.1 Å². The minimum atomic E-state index is -0.826. The Bertz CT molecular complexity index is 682. The van der Waals surface area contributed by atoms with E-state index in [1.54, 1.807) is 12.1 Å². The van der Waals surface area contributed by atoms with E-state index >= 15 is 0 Å². The van der Waals surface area contributed by atoms with Crippen molar-refractivity contribution in [1.29, 1.82) is 0 Å². The molecule has 0 saturated carbocycles. The predicted molar refractivity (Wildman–Crippen MR) is 80.7 cm³/mol. The van der Waals surface area contributed by atoms with Crippen LogP contribution in [0.2, 0.25) is 5.02 Å². The normalized spacial score (nSPS) is 10.3. The van der Waals surface area contributed by atoms with Crippen molar-refractivity contribution in [3.63, 3.8) is 0 Å². The number of carbonyl (C=O) groups excluding carboxylic acids is 2. The van der Waals surface area contributed by atoms with E-state index in [1.165, 1.54) is 0 Å². The van der Waals surface area contributed by atoms with Gasteiger partial charge in [0.1, 0.15) is 11.4 Å². The highest BCUT2D eigenvalue weighted by Crippen LogP contribution is 2.35. The first-order chi connectivity index (χ1) is 9.40. The van der Waals surface area contributed by atoms with Crippen LogP contribution in [-0.4, -0.2) is 16.9 Å². The summed E-state index contributed by atoms with van der Waals surface area (Å²) in [7, 11) is 0. The van der Waals surface area contributed by atoms with E-state index in [1.807, 2.05) is 12.1 Å². The molecular weight excluding hydrogens is 348 g/mol. The van der Waals surface area contributed by atoms with Crippen LogP contribution in [0, 0.1) is 0 Å². The van der Waals surface area contributed by atoms with Gasteiger partial charge in [-0.1, -0.05) is 39.7 Å². The average Bonchev–Trinajstić information content (AvgIpc) is 2.66. The molecule has 20 heavy (non-hydrogen) atoms. The molecule has 0 bridgehead atoms. The second-order valence-electron chi connectivity index (χ2n) is 3.92. The highest BCUT2D eigenvalue weighted by atomic mass is 79.9. The zero-order valence-corrected chi connectivity index (χ0v) is 12.4. The Morgan fingerprint density at radius 3 is 2.30 bits per heavy atom. The Balaban J connectivity index is 2.57. The number of amides is 3. The van der Waals surface area contributed by atoms with Crippen LogP contribution in [0.15, 0.2) is 28.7 Å². The molecule has 2 aromatic rings. The number of nitrogens with two attached hydrogens (primary N) is 2. The van der Waals surface area contributed by atoms with Crippen molar-refractivity contribution >= 4 is 45.3 Å². The summed E-state index contributed by atoms with van der Waals surface area (Å²) in [5, 5.41) is 2.41. The van der Waals surface area contributed by atoms with Gasteiger partial charge in [0.25, 0.3) is 5.91 Å². The number of aromatic amines is 1. The van der Waals surface area contributed by atoms with Crippen molar-refractivity contribution in [2.24, 2.45) is 11.5 Å². The summed E-state index contributed by atoms with van der Waals surface area (Å²) in [6, 6.07) is 6.39. The summed E-state index contributed by atoms with van der Waals surface area (Å²) in [6.45, 7) is 0. The predicted octanol–water partition coefficient (Wildman–Crippen LogP) is 2.69. The van der Waals surface area contributed by atoms with Crippen LogP contribution >= 0.6 is 27.5 Å². The first-order valence-corrected chi connectivity index (χ1v) is 6.61. The molecule has 0 saturated heterocycles. The lowest BCUT2D eigenvalue weighted by Crippen LogP contribution is -2.22. The topological polar surface area (TPSA) is 114 Å². The van der Waals surface area contributed by atoms with Crippen molar-refractivity contribution < 1.29 is 9.59 Å². The minimum absolute atomic E-state index is 0.0108. The van der Waals surface area contributed by atoms with Gasteiger partial charge in [-0.05, 0) is 17.7 Å². The van der Waals surface area contributed by atoms with Crippen LogP contribution in [0.3, 0.4) is 0 Å². The number of H-pyrrole nitrogens is 1. The first-order valence-electron chi connectivity index (χ1n) is 5.43. The molecule has 0 spiro atoms. The molecule has 1 heterocycles. The quantitative estimate of drug-likeness (QED) is 0.676. The van der Waals surface area contributed by atoms with Gasteiger partial charge >= 0.3 is 6.03 Å². The van der Waals surface area contributed by atoms with Gasteiger partial charge < -0.3 is 16.5 Å². The molecule has 8 heteroatoms. The third-order valence-electron chi connectivity index (χ3n) is 2.57. The van der Waals surface area contributed by atoms with Crippen LogP contribution in [0.5, 0.6) is 0 Å². The number of hydrogen-bond acceptors (Lipinski definition) is 2. The van der Waals surface area contributed by atoms with Gasteiger partial charge in [0, 0.05) is 4.47 Å². The number of halogens is 2. The molecule has 0 aliphatic carbocycles. The van der Waals surface area contributed by atoms with Gasteiger partial charge in [0.05, 0.1) is 10.7 Å². The number of urea groups is 1. The van der Waals surface area contributed by atoms with Crippen molar-refractivity contribution in [2.45, 2.75) is 0 Å². The van der Waals surface area contributed by atoms with E-state index < -0.39 is 11.9 Å². The van der Waals surface area contributed by atoms with Crippen LogP contribution in [0.4, 0.5) is 10.6 Å². The molecule has 6 N–H and O–H groups in total. The Labute approximate surface area is 127 Å². The Kier molecular flexibility index (Phi) is 4.01. The highest BCUT2D eigenvalue weighted by Gasteiger charge is 2.21. The van der Waals surface area contributed by atoms with E-state index in [-0.39, 0.29) is 16.4 Å². The van der Waals surface area contributed by atoms with E-state index in [4.69, 9.17) is 23.1 Å². The number of hydrogen-bond donors (Lipinski definition) is 4. The SMILES string of the molecule is NC(=O)Nc1[nH]c(-c2ccc(Br)cc2)c(Cl)c1C(N)=O. The fraction of sp³-hybridized carbons (Fsp3) is 0. The zero-order valence-electron chi connectivity index (χ0n) is 10.0. The second-order valence-corrected chi connectivity index (χ2v) is 5.22. The molecule has 0 radical (unpaired) electrons. The summed E-state index contributed by atoms with van der Waals surface area (Å²) < 4.78 is 0.898. The van der Waals surface area contributed by atoms with Crippen LogP contribution in [-0.2, 0) is 0 Å². The number of carbonyl (C=O) groups is 2. The molecule has 3 amide bonds. The maximum absolute atomic E-state index is 11.4. The first kappa shape index (κ1) is 14.4. The Morgan fingerprint density at radius 1 is 1.20 bits per heavy atom. The highest BCUT2D eigenvalue weighted by molar-refractivity contribution is 9.10. The van der Waals surface area contributed by atoms with Crippen molar-refractivity contribution in [3.8, 4) is 11.3 Å². The molecule has 0 aliphatic rings. The van der Waals surface area contributed by atoms with E-state index in [9.17, 15) is 9.59 Å². The number of rotatable bonds is 3. The second kappa shape index (κ2) is 5.56. The Morgan fingerprint density at radius 2 is 1.80 bits per heavy atom. The molecular formula is C12H10BrClN4O2. The molecule has 104 valence electrons. The molecule has 0 unspecified atom stereocenters. The lowest BCUT2D eigenvalue weighted by Gasteiger charge is -2.00. The largest absolute Gasteiger partial charge is 0.365 e. The fourth-order valence-corrected chi connectivity index (χ4v) is 2.35. The van der Waals surface area contributed by atoms with Crippen LogP contribution in [0.25, 0.3) is 11.3 Å². The van der Waals surface area contributed by atoms with Gasteiger partial charge in [0.2, 0.25) is 0 Å². The molecule has 1 aromatic carbocycles. The number of benzene rings is 1. The van der Waals surface area contributed by atoms with Crippen LogP contribution in [0.1, 0.15) is 10.4 Å². The molecule has 0 atom stereocenters. The molecule has 0 aliphatic heterocycles. The third-order valence-corrected chi connectivity index (χ3v) is 3.47. The number of primary amides is 2. The summed E-state index contributed by atoms with van der Waals surface area (Å²) in [4.78, 5) is 25.2. The summed E-state index contributed by atoms with van der Waals surface area (Å²) in [6.07, 6.45) is 0. The van der Waals surface area contributed by atoms with Gasteiger partial charge in [0.15, 0.2) is 0 Å². The average molecular weight is 358 g/mol. The smallest absolute Gasteiger partial charge is 0.317 e. The monoisotopic (exact) mass is 356 g/mol. The van der Waals surface area contributed by atoms with Crippen LogP contribution < -0.4 is 16.8 Å². The number of aromatic nitrogens is 1. The summed E-state index contributed by atoms with van der Waals surface area (Å²) in [5.41, 5.74) is 11.5. The standard InChI is InChI=1S/C12H10BrClN4O2/c13-6-3-1-5(2-4-6)9-8(14)7(10(15)19)11(17-9)18-12(16)20/h1-4,17H,(H2,15,19)(H3,16,18,20). The van der Waals surface area contributed by atoms with Crippen molar-refractivity contribution in [2.75, 3.05) is 5.32 Å². The summed E-state index contributed by atoms with van der Waals surface area (Å²) in [5.74, 6) is -0.689. The zero-order chi connectivity index (χ0) is 14.9. The van der Waals surface area contributed by atoms with E-state index in [0.29, 0.717) is 5.69 Å². The summed E-state index contributed by atoms with van der Waals surface area (Å²) >= 11 is 9.47. The van der Waals surface area contributed by atoms with Gasteiger partial charge in [-0.2, -0.15) is 0 Å². The van der Waals surface area contributed by atoms with Gasteiger partial charge in [-0.25, -0.2) is 4.79 Å². The molecule has 0 fully saturated rings. The van der Waals surface area contributed by atoms with Crippen molar-refractivity contribution in [1.82, 2.24) is 4.98 Å². The minimum Gasteiger partial charge on any atom is -0.365 e. The van der Waals surface area contributed by atoms with E-state index in [2.05, 4.69) is 26.2 Å². The fourth-order valence-electron chi connectivity index (χ4n) is 1.74. The van der Waals surface area contributed by atoms with Gasteiger partial charge in [-0.15, -0.1) is 0 Å². The maximum Gasteiger partial charge on any atom is 0.317 e. The molecule has 2 rings (SSSR count). The Hall–Kier alpha value is -1.99. The third kappa shape index (κ3) is 2.78. The lowest BCUT2D eigenvalue weighted by molar-refractivity contribution is 0.100. The molecule has 1 aromatic heterocycles. The number of nitrogens with one attached hydrogen (secondary N) is 2.